The molecule has 1 heterocycles. The highest BCUT2D eigenvalue weighted by Gasteiger charge is 2.41. The number of benzene rings is 3. The van der Waals surface area contributed by atoms with Gasteiger partial charge in [-0.2, -0.15) is 4.31 Å². The van der Waals surface area contributed by atoms with E-state index in [-0.39, 0.29) is 5.88 Å². The quantitative estimate of drug-likeness (QED) is 0.477. The van der Waals surface area contributed by atoms with E-state index in [2.05, 4.69) is 0 Å². The number of aryl methyl sites for hydroxylation is 2. The van der Waals surface area contributed by atoms with Gasteiger partial charge in [0.25, 0.3) is 0 Å². The van der Waals surface area contributed by atoms with Crippen LogP contribution in [0.15, 0.2) is 89.3 Å². The van der Waals surface area contributed by atoms with E-state index in [1.807, 2.05) is 80.6 Å². The molecule has 0 fully saturated rings. The fraction of sp³-hybridized carbons (Fsp3) is 0.200. The van der Waals surface area contributed by atoms with Crippen molar-refractivity contribution in [3.63, 3.8) is 0 Å². The Morgan fingerprint density at radius 3 is 2.00 bits per heavy atom. The molecule has 1 aliphatic rings. The summed E-state index contributed by atoms with van der Waals surface area (Å²) in [4.78, 5) is 0.299. The molecule has 3 aromatic carbocycles. The molecule has 4 rings (SSSR count). The minimum atomic E-state index is -3.71. The molecule has 5 heteroatoms. The van der Waals surface area contributed by atoms with Crippen molar-refractivity contribution in [3.05, 3.63) is 107 Å². The first-order chi connectivity index (χ1) is 14.4. The van der Waals surface area contributed by atoms with Gasteiger partial charge in [0, 0.05) is 12.4 Å². The molecular formula is C25H24ClNO2S. The first-order valence-electron chi connectivity index (χ1n) is 9.90. The lowest BCUT2D eigenvalue weighted by Crippen LogP contribution is -2.32. The number of hydrogen-bond donors (Lipinski definition) is 0. The number of sulfonamides is 1. The van der Waals surface area contributed by atoms with E-state index >= 15 is 0 Å². The molecule has 0 saturated carbocycles. The standard InChI is InChI=1S/C25H24ClNO2S/c1-18-8-12-21(13-9-18)25-23(16-26)24(20-6-4-3-5-7-20)17-27(25)30(28,29)22-14-10-19(2)11-15-22/h3-15,25H,16-17H2,1-2H3. The first-order valence-corrected chi connectivity index (χ1v) is 11.9. The summed E-state index contributed by atoms with van der Waals surface area (Å²) in [5, 5.41) is 0. The van der Waals surface area contributed by atoms with Crippen molar-refractivity contribution in [1.29, 1.82) is 0 Å². The van der Waals surface area contributed by atoms with Crippen LogP contribution in [0.1, 0.15) is 28.3 Å². The van der Waals surface area contributed by atoms with Crippen LogP contribution in [-0.2, 0) is 10.0 Å². The van der Waals surface area contributed by atoms with Crippen molar-refractivity contribution in [2.24, 2.45) is 0 Å². The average molecular weight is 438 g/mol. The van der Waals surface area contributed by atoms with E-state index in [4.69, 9.17) is 11.6 Å². The second-order valence-corrected chi connectivity index (χ2v) is 9.84. The predicted molar refractivity (Wildman–Crippen MR) is 123 cm³/mol. The zero-order valence-corrected chi connectivity index (χ0v) is 18.6. The summed E-state index contributed by atoms with van der Waals surface area (Å²) < 4.78 is 29.0. The second-order valence-electron chi connectivity index (χ2n) is 7.68. The molecule has 1 atom stereocenters. The van der Waals surface area contributed by atoms with E-state index in [9.17, 15) is 8.42 Å². The summed E-state index contributed by atoms with van der Waals surface area (Å²) in [6, 6.07) is 24.5. The van der Waals surface area contributed by atoms with Gasteiger partial charge in [0.2, 0.25) is 10.0 Å². The van der Waals surface area contributed by atoms with Crippen molar-refractivity contribution in [2.75, 3.05) is 12.4 Å². The summed E-state index contributed by atoms with van der Waals surface area (Å²) in [5.41, 5.74) is 6.00. The van der Waals surface area contributed by atoms with Crippen LogP contribution in [0.3, 0.4) is 0 Å². The Bertz CT molecular complexity index is 1170. The molecule has 0 bridgehead atoms. The molecule has 0 amide bonds. The molecule has 0 aliphatic carbocycles. The fourth-order valence-corrected chi connectivity index (χ4v) is 5.83. The summed E-state index contributed by atoms with van der Waals surface area (Å²) in [5.74, 6) is 0.267. The molecule has 0 spiro atoms. The van der Waals surface area contributed by atoms with Crippen molar-refractivity contribution in [2.45, 2.75) is 24.8 Å². The minimum absolute atomic E-state index is 0.267. The summed E-state index contributed by atoms with van der Waals surface area (Å²) >= 11 is 6.43. The Morgan fingerprint density at radius 1 is 0.867 bits per heavy atom. The van der Waals surface area contributed by atoms with Gasteiger partial charge >= 0.3 is 0 Å². The highest BCUT2D eigenvalue weighted by atomic mass is 35.5. The Hall–Kier alpha value is -2.40. The normalized spacial score (nSPS) is 17.5. The predicted octanol–water partition coefficient (Wildman–Crippen LogP) is 5.74. The van der Waals surface area contributed by atoms with Crippen LogP contribution < -0.4 is 0 Å². The van der Waals surface area contributed by atoms with Gasteiger partial charge in [0.1, 0.15) is 0 Å². The first kappa shape index (κ1) is 20.9. The van der Waals surface area contributed by atoms with Crippen molar-refractivity contribution < 1.29 is 8.42 Å². The number of hydrogen-bond acceptors (Lipinski definition) is 2. The van der Waals surface area contributed by atoms with Crippen molar-refractivity contribution >= 4 is 27.2 Å². The van der Waals surface area contributed by atoms with Gasteiger partial charge in [-0.1, -0.05) is 77.9 Å². The Labute approximate surface area is 183 Å². The van der Waals surface area contributed by atoms with Gasteiger partial charge in [-0.05, 0) is 48.3 Å². The van der Waals surface area contributed by atoms with Crippen LogP contribution in [-0.4, -0.2) is 25.1 Å². The minimum Gasteiger partial charge on any atom is -0.207 e. The monoisotopic (exact) mass is 437 g/mol. The average Bonchev–Trinajstić information content (AvgIpc) is 3.16. The van der Waals surface area contributed by atoms with Gasteiger partial charge in [-0.15, -0.1) is 11.6 Å². The van der Waals surface area contributed by atoms with Gasteiger partial charge in [0.15, 0.2) is 0 Å². The maximum Gasteiger partial charge on any atom is 0.244 e. The smallest absolute Gasteiger partial charge is 0.207 e. The molecule has 154 valence electrons. The van der Waals surface area contributed by atoms with Gasteiger partial charge in [-0.25, -0.2) is 8.42 Å². The molecule has 3 aromatic rings. The van der Waals surface area contributed by atoms with Crippen LogP contribution >= 0.6 is 11.6 Å². The zero-order valence-electron chi connectivity index (χ0n) is 17.0. The Kier molecular flexibility index (Phi) is 5.83. The topological polar surface area (TPSA) is 37.4 Å². The molecule has 1 aliphatic heterocycles. The summed E-state index contributed by atoms with van der Waals surface area (Å²) in [7, 11) is -3.71. The van der Waals surface area contributed by atoms with E-state index in [0.717, 1.165) is 33.4 Å². The lowest BCUT2D eigenvalue weighted by molar-refractivity contribution is 0.411. The number of rotatable bonds is 5. The van der Waals surface area contributed by atoms with Crippen LogP contribution in [0.4, 0.5) is 0 Å². The maximum absolute atomic E-state index is 13.7. The lowest BCUT2D eigenvalue weighted by Gasteiger charge is -2.26. The van der Waals surface area contributed by atoms with E-state index in [1.54, 1.807) is 16.4 Å². The highest BCUT2D eigenvalue weighted by Crippen LogP contribution is 2.44. The third-order valence-electron chi connectivity index (χ3n) is 5.61. The Morgan fingerprint density at radius 2 is 1.43 bits per heavy atom. The highest BCUT2D eigenvalue weighted by molar-refractivity contribution is 7.89. The van der Waals surface area contributed by atoms with Crippen molar-refractivity contribution in [3.8, 4) is 0 Å². The third kappa shape index (κ3) is 3.83. The molecule has 0 aromatic heterocycles. The number of alkyl halides is 1. The third-order valence-corrected chi connectivity index (χ3v) is 7.72. The van der Waals surface area contributed by atoms with Gasteiger partial charge in [0.05, 0.1) is 10.9 Å². The van der Waals surface area contributed by atoms with E-state index < -0.39 is 16.1 Å². The van der Waals surface area contributed by atoms with Crippen LogP contribution in [0.5, 0.6) is 0 Å². The van der Waals surface area contributed by atoms with E-state index in [1.165, 1.54) is 0 Å². The molecule has 0 N–H and O–H groups in total. The van der Waals surface area contributed by atoms with Crippen LogP contribution in [0.2, 0.25) is 0 Å². The van der Waals surface area contributed by atoms with E-state index in [0.29, 0.717) is 11.4 Å². The summed E-state index contributed by atoms with van der Waals surface area (Å²) in [6.45, 7) is 4.26. The maximum atomic E-state index is 13.7. The number of nitrogens with zero attached hydrogens (tertiary/aromatic N) is 1. The molecule has 0 radical (unpaired) electrons. The van der Waals surface area contributed by atoms with Crippen LogP contribution in [0, 0.1) is 13.8 Å². The van der Waals surface area contributed by atoms with Gasteiger partial charge < -0.3 is 0 Å². The molecule has 30 heavy (non-hydrogen) atoms. The van der Waals surface area contributed by atoms with Crippen LogP contribution in [0.25, 0.3) is 5.57 Å². The van der Waals surface area contributed by atoms with Gasteiger partial charge in [-0.3, -0.25) is 0 Å². The lowest BCUT2D eigenvalue weighted by atomic mass is 9.96. The summed E-state index contributed by atoms with van der Waals surface area (Å²) in [6.07, 6.45) is 0. The zero-order chi connectivity index (χ0) is 21.3. The molecule has 0 saturated heterocycles. The fourth-order valence-electron chi connectivity index (χ4n) is 3.94. The number of halogens is 1. The SMILES string of the molecule is Cc1ccc(C2C(CCl)=C(c3ccccc3)CN2S(=O)(=O)c2ccc(C)cc2)cc1. The molecule has 3 nitrogen and oxygen atoms in total. The second kappa shape index (κ2) is 8.38. The molecule has 1 unspecified atom stereocenters. The Balaban J connectivity index is 1.87. The molecular weight excluding hydrogens is 414 g/mol. The van der Waals surface area contributed by atoms with Crippen molar-refractivity contribution in [1.82, 2.24) is 4.31 Å². The largest absolute Gasteiger partial charge is 0.244 e.